The van der Waals surface area contributed by atoms with Crippen LogP contribution in [0.25, 0.3) is 5.70 Å². The van der Waals surface area contributed by atoms with Crippen LogP contribution < -0.4 is 14.2 Å². The van der Waals surface area contributed by atoms with Crippen molar-refractivity contribution < 1.29 is 23.4 Å². The molecule has 1 saturated heterocycles. The molecule has 262 valence electrons. The summed E-state index contributed by atoms with van der Waals surface area (Å²) >= 11 is 12.6. The summed E-state index contributed by atoms with van der Waals surface area (Å²) in [5.74, 6) is 1.84. The lowest BCUT2D eigenvalue weighted by atomic mass is 10.1. The Morgan fingerprint density at radius 1 is 0.824 bits per heavy atom. The number of hydrogen-bond donors (Lipinski definition) is 0. The summed E-state index contributed by atoms with van der Waals surface area (Å²) in [4.78, 5) is 24.8. The van der Waals surface area contributed by atoms with Crippen molar-refractivity contribution >= 4 is 35.2 Å². The molecule has 11 heteroatoms. The first-order valence-electron chi connectivity index (χ1n) is 16.6. The highest BCUT2D eigenvalue weighted by molar-refractivity contribution is 6.32. The van der Waals surface area contributed by atoms with Gasteiger partial charge in [0.2, 0.25) is 5.88 Å². The van der Waals surface area contributed by atoms with Crippen LogP contribution in [0, 0.1) is 12.7 Å². The average Bonchev–Trinajstić information content (AvgIpc) is 3.14. The number of piperazine rings is 1. The number of pyridine rings is 2. The average molecular weight is 728 g/mol. The maximum Gasteiger partial charge on any atom is 0.219 e. The van der Waals surface area contributed by atoms with Gasteiger partial charge in [-0.25, -0.2) is 14.4 Å². The van der Waals surface area contributed by atoms with Crippen LogP contribution in [0.1, 0.15) is 27.8 Å². The highest BCUT2D eigenvalue weighted by Crippen LogP contribution is 2.36. The number of aryl methyl sites for hydroxylation is 1. The van der Waals surface area contributed by atoms with E-state index in [0.717, 1.165) is 67.8 Å². The molecule has 1 aliphatic rings. The van der Waals surface area contributed by atoms with E-state index in [9.17, 15) is 9.18 Å². The molecule has 0 radical (unpaired) electrons. The van der Waals surface area contributed by atoms with Gasteiger partial charge in [-0.1, -0.05) is 53.5 Å². The van der Waals surface area contributed by atoms with Crippen LogP contribution in [0.15, 0.2) is 103 Å². The van der Waals surface area contributed by atoms with Gasteiger partial charge in [0, 0.05) is 68.7 Å². The quantitative estimate of drug-likeness (QED) is 0.0640. The number of ether oxygens (including phenoxy) is 3. The Morgan fingerprint density at radius 3 is 2.22 bits per heavy atom. The van der Waals surface area contributed by atoms with Crippen LogP contribution in [0.5, 0.6) is 23.1 Å². The normalized spacial score (nSPS) is 13.6. The van der Waals surface area contributed by atoms with Crippen LogP contribution in [0.4, 0.5) is 4.39 Å². The maximum atomic E-state index is 13.1. The van der Waals surface area contributed by atoms with E-state index in [1.54, 1.807) is 48.8 Å². The zero-order valence-electron chi connectivity index (χ0n) is 28.1. The smallest absolute Gasteiger partial charge is 0.219 e. The number of rotatable bonds is 14. The van der Waals surface area contributed by atoms with Gasteiger partial charge < -0.3 is 19.1 Å². The summed E-state index contributed by atoms with van der Waals surface area (Å²) in [7, 11) is 0. The van der Waals surface area contributed by atoms with E-state index in [2.05, 4.69) is 44.0 Å². The maximum absolute atomic E-state index is 13.1. The molecule has 0 spiro atoms. The highest BCUT2D eigenvalue weighted by atomic mass is 35.5. The van der Waals surface area contributed by atoms with Crippen LogP contribution in [-0.2, 0) is 24.4 Å². The first kappa shape index (κ1) is 35.9. The molecule has 0 aliphatic carbocycles. The number of aromatic nitrogens is 2. The molecule has 0 bridgehead atoms. The number of hydrogen-bond acceptors (Lipinski definition) is 8. The van der Waals surface area contributed by atoms with E-state index in [0.29, 0.717) is 46.5 Å². The molecule has 0 atom stereocenters. The second-order valence-electron chi connectivity index (χ2n) is 12.1. The standard InChI is InChI=1S/C40H37Cl2FN4O4/c1-28-22-32(23-36(41)40(28)51-39-13-11-35(25-45-39)50-27-31-6-12-38(42)44-24-31)37(14-20-48)47-18-16-46(17-19-47)26-30-4-2-29(3-5-30)15-21-49-34-9-7-33(43)8-10-34/h2-14,20,22-25H,15-19,21,26-27H2,1H3. The molecule has 1 fully saturated rings. The molecule has 51 heavy (non-hydrogen) atoms. The van der Waals surface area contributed by atoms with Gasteiger partial charge in [-0.15, -0.1) is 0 Å². The number of carbonyl (C=O) groups is 1. The molecule has 3 heterocycles. The lowest BCUT2D eigenvalue weighted by Crippen LogP contribution is -2.45. The van der Waals surface area contributed by atoms with Crippen molar-refractivity contribution in [2.24, 2.45) is 0 Å². The molecule has 6 rings (SSSR count). The van der Waals surface area contributed by atoms with Gasteiger partial charge in [-0.2, -0.15) is 0 Å². The minimum absolute atomic E-state index is 0.275. The molecule has 1 aliphatic heterocycles. The highest BCUT2D eigenvalue weighted by Gasteiger charge is 2.22. The minimum atomic E-state index is -0.275. The second kappa shape index (κ2) is 17.3. The van der Waals surface area contributed by atoms with Crippen LogP contribution in [-0.4, -0.2) is 58.8 Å². The molecule has 8 nitrogen and oxygen atoms in total. The third-order valence-corrected chi connectivity index (χ3v) is 8.98. The largest absolute Gasteiger partial charge is 0.493 e. The fourth-order valence-corrected chi connectivity index (χ4v) is 6.18. The van der Waals surface area contributed by atoms with Crippen molar-refractivity contribution in [1.82, 2.24) is 19.8 Å². The van der Waals surface area contributed by atoms with E-state index in [-0.39, 0.29) is 5.82 Å². The molecule has 0 amide bonds. The van der Waals surface area contributed by atoms with Crippen molar-refractivity contribution in [2.75, 3.05) is 32.8 Å². The van der Waals surface area contributed by atoms with E-state index in [1.165, 1.54) is 23.3 Å². The molecule has 2 aromatic heterocycles. The number of benzene rings is 3. The van der Waals surface area contributed by atoms with E-state index >= 15 is 0 Å². The first-order valence-corrected chi connectivity index (χ1v) is 17.3. The summed E-state index contributed by atoms with van der Waals surface area (Å²) in [5, 5.41) is 0.848. The summed E-state index contributed by atoms with van der Waals surface area (Å²) in [6, 6.07) is 25.5. The van der Waals surface area contributed by atoms with Crippen LogP contribution in [0.3, 0.4) is 0 Å². The van der Waals surface area contributed by atoms with E-state index < -0.39 is 0 Å². The first-order chi connectivity index (χ1) is 24.8. The van der Waals surface area contributed by atoms with Gasteiger partial charge in [0.05, 0.1) is 17.8 Å². The van der Waals surface area contributed by atoms with Crippen LogP contribution >= 0.6 is 23.2 Å². The van der Waals surface area contributed by atoms with Gasteiger partial charge in [0.25, 0.3) is 0 Å². The Labute approximate surface area is 307 Å². The molecule has 0 saturated carbocycles. The van der Waals surface area contributed by atoms with Crippen molar-refractivity contribution in [3.05, 3.63) is 147 Å². The molecular weight excluding hydrogens is 690 g/mol. The molecule has 0 unspecified atom stereocenters. The molecule has 0 N–H and O–H groups in total. The number of aldehydes is 1. The zero-order valence-corrected chi connectivity index (χ0v) is 29.6. The summed E-state index contributed by atoms with van der Waals surface area (Å²) < 4.78 is 30.7. The Balaban J connectivity index is 1.00. The lowest BCUT2D eigenvalue weighted by Gasteiger charge is -2.37. The lowest BCUT2D eigenvalue weighted by molar-refractivity contribution is -0.104. The third-order valence-electron chi connectivity index (χ3n) is 8.48. The SMILES string of the molecule is Cc1cc(C(=CC=O)N2CCN(Cc3ccc(CCOc4ccc(F)cc4)cc3)CC2)cc(Cl)c1Oc1ccc(OCc2ccc(Cl)nc2)cn1. The Hall–Kier alpha value is -4.96. The monoisotopic (exact) mass is 726 g/mol. The third kappa shape index (κ3) is 10.1. The van der Waals surface area contributed by atoms with Gasteiger partial charge in [-0.05, 0) is 77.7 Å². The van der Waals surface area contributed by atoms with E-state index in [4.69, 9.17) is 37.4 Å². The van der Waals surface area contributed by atoms with Crippen LogP contribution in [0.2, 0.25) is 10.2 Å². The summed E-state index contributed by atoms with van der Waals surface area (Å²) in [5.41, 5.74) is 5.79. The number of allylic oxidation sites excluding steroid dienone is 1. The Kier molecular flexibility index (Phi) is 12.2. The number of carbonyl (C=O) groups excluding carboxylic acids is 1. The number of nitrogens with zero attached hydrogens (tertiary/aromatic N) is 4. The summed E-state index contributed by atoms with van der Waals surface area (Å²) in [6.07, 6.45) is 6.44. The predicted molar refractivity (Wildman–Crippen MR) is 197 cm³/mol. The Bertz CT molecular complexity index is 1910. The second-order valence-corrected chi connectivity index (χ2v) is 12.9. The fourth-order valence-electron chi connectivity index (χ4n) is 5.77. The minimum Gasteiger partial charge on any atom is -0.493 e. The van der Waals surface area contributed by atoms with Crippen molar-refractivity contribution in [2.45, 2.75) is 26.5 Å². The fraction of sp³-hybridized carbons (Fsp3) is 0.225. The molecular formula is C40H37Cl2FN4O4. The number of halogens is 3. The van der Waals surface area contributed by atoms with Gasteiger partial charge in [-0.3, -0.25) is 9.69 Å². The van der Waals surface area contributed by atoms with Crippen molar-refractivity contribution in [1.29, 1.82) is 0 Å². The van der Waals surface area contributed by atoms with Gasteiger partial charge >= 0.3 is 0 Å². The predicted octanol–water partition coefficient (Wildman–Crippen LogP) is 8.58. The van der Waals surface area contributed by atoms with Crippen molar-refractivity contribution in [3.63, 3.8) is 0 Å². The Morgan fingerprint density at radius 2 is 1.55 bits per heavy atom. The van der Waals surface area contributed by atoms with Crippen molar-refractivity contribution in [3.8, 4) is 23.1 Å². The molecule has 5 aromatic rings. The zero-order chi connectivity index (χ0) is 35.6. The summed E-state index contributed by atoms with van der Waals surface area (Å²) in [6.45, 7) is 6.83. The van der Waals surface area contributed by atoms with Gasteiger partial charge in [0.1, 0.15) is 35.4 Å². The molecule has 3 aromatic carbocycles. The van der Waals surface area contributed by atoms with Gasteiger partial charge in [0.15, 0.2) is 5.75 Å². The topological polar surface area (TPSA) is 77.0 Å². The van der Waals surface area contributed by atoms with E-state index in [1.807, 2.05) is 25.1 Å².